The SMILES string of the molecule is CC.CCN=C(C)C1=C(C)CCC=N1.CCOC(C)C. The molecule has 118 valence electrons. The van der Waals surface area contributed by atoms with Gasteiger partial charge in [-0.25, -0.2) is 0 Å². The minimum Gasteiger partial charge on any atom is -0.379 e. The molecule has 0 amide bonds. The van der Waals surface area contributed by atoms with E-state index in [1.54, 1.807) is 0 Å². The highest BCUT2D eigenvalue weighted by molar-refractivity contribution is 6.00. The van der Waals surface area contributed by atoms with Gasteiger partial charge in [-0.3, -0.25) is 9.98 Å². The Bertz CT molecular complexity index is 315. The molecule has 0 N–H and O–H groups in total. The van der Waals surface area contributed by atoms with E-state index >= 15 is 0 Å². The number of aliphatic imine (C=N–C) groups is 2. The Hall–Kier alpha value is -0.960. The van der Waals surface area contributed by atoms with Crippen molar-refractivity contribution < 1.29 is 4.74 Å². The van der Waals surface area contributed by atoms with Gasteiger partial charge in [0.05, 0.1) is 17.5 Å². The van der Waals surface area contributed by atoms with Gasteiger partial charge < -0.3 is 4.74 Å². The Morgan fingerprint density at radius 1 is 1.35 bits per heavy atom. The molecule has 0 aromatic carbocycles. The third-order valence-electron chi connectivity index (χ3n) is 2.51. The van der Waals surface area contributed by atoms with Crippen molar-refractivity contribution in [1.29, 1.82) is 0 Å². The Labute approximate surface area is 126 Å². The summed E-state index contributed by atoms with van der Waals surface area (Å²) in [4.78, 5) is 8.70. The minimum atomic E-state index is 0.398. The van der Waals surface area contributed by atoms with Gasteiger partial charge in [-0.15, -0.1) is 0 Å². The topological polar surface area (TPSA) is 34.0 Å². The first kappa shape index (κ1) is 21.3. The van der Waals surface area contributed by atoms with Crippen LogP contribution in [0, 0.1) is 0 Å². The van der Waals surface area contributed by atoms with Gasteiger partial charge in [-0.2, -0.15) is 0 Å². The molecular weight excluding hydrogens is 248 g/mol. The van der Waals surface area contributed by atoms with Crippen molar-refractivity contribution in [2.75, 3.05) is 13.2 Å². The fourth-order valence-corrected chi connectivity index (χ4v) is 1.71. The van der Waals surface area contributed by atoms with Crippen LogP contribution in [0.25, 0.3) is 0 Å². The number of nitrogens with zero attached hydrogens (tertiary/aromatic N) is 2. The van der Waals surface area contributed by atoms with Crippen LogP contribution in [0.2, 0.25) is 0 Å². The van der Waals surface area contributed by atoms with E-state index in [1.165, 1.54) is 5.57 Å². The predicted molar refractivity (Wildman–Crippen MR) is 92.2 cm³/mol. The summed E-state index contributed by atoms with van der Waals surface area (Å²) in [6.07, 6.45) is 4.59. The summed E-state index contributed by atoms with van der Waals surface area (Å²) >= 11 is 0. The van der Waals surface area contributed by atoms with Crippen molar-refractivity contribution >= 4 is 11.9 Å². The average molecular weight is 282 g/mol. The van der Waals surface area contributed by atoms with Gasteiger partial charge >= 0.3 is 0 Å². The monoisotopic (exact) mass is 282 g/mol. The van der Waals surface area contributed by atoms with Crippen LogP contribution in [0.1, 0.15) is 68.2 Å². The smallest absolute Gasteiger partial charge is 0.0822 e. The van der Waals surface area contributed by atoms with Crippen molar-refractivity contribution in [1.82, 2.24) is 0 Å². The Balaban J connectivity index is 0. The van der Waals surface area contributed by atoms with Gasteiger partial charge in [0.1, 0.15) is 0 Å². The third-order valence-corrected chi connectivity index (χ3v) is 2.51. The molecule has 3 heteroatoms. The molecule has 0 bridgehead atoms. The van der Waals surface area contributed by atoms with Crippen LogP contribution in [0.15, 0.2) is 21.3 Å². The summed E-state index contributed by atoms with van der Waals surface area (Å²) in [5, 5.41) is 0. The minimum absolute atomic E-state index is 0.398. The maximum Gasteiger partial charge on any atom is 0.0822 e. The van der Waals surface area contributed by atoms with Crippen LogP contribution >= 0.6 is 0 Å². The van der Waals surface area contributed by atoms with E-state index in [1.807, 2.05) is 54.7 Å². The van der Waals surface area contributed by atoms with Gasteiger partial charge in [-0.05, 0) is 60.0 Å². The largest absolute Gasteiger partial charge is 0.379 e. The van der Waals surface area contributed by atoms with Crippen molar-refractivity contribution in [2.45, 2.75) is 74.3 Å². The Morgan fingerprint density at radius 2 is 1.95 bits per heavy atom. The number of hydrogen-bond donors (Lipinski definition) is 0. The number of rotatable bonds is 4. The summed E-state index contributed by atoms with van der Waals surface area (Å²) in [7, 11) is 0. The molecule has 0 saturated heterocycles. The van der Waals surface area contributed by atoms with Crippen LogP contribution in [0.4, 0.5) is 0 Å². The molecule has 0 aliphatic carbocycles. The zero-order chi connectivity index (χ0) is 16.0. The van der Waals surface area contributed by atoms with Crippen LogP contribution in [-0.4, -0.2) is 31.2 Å². The molecule has 0 aromatic heterocycles. The molecule has 1 heterocycles. The van der Waals surface area contributed by atoms with Crippen molar-refractivity contribution in [3.63, 3.8) is 0 Å². The molecule has 3 nitrogen and oxygen atoms in total. The zero-order valence-corrected chi connectivity index (χ0v) is 14.8. The third kappa shape index (κ3) is 10.9. The summed E-state index contributed by atoms with van der Waals surface area (Å²) < 4.78 is 5.04. The van der Waals surface area contributed by atoms with E-state index in [0.29, 0.717) is 6.10 Å². The second-order valence-electron chi connectivity index (χ2n) is 4.54. The molecule has 0 radical (unpaired) electrons. The first-order valence-electron chi connectivity index (χ1n) is 7.88. The number of ether oxygens (including phenoxy) is 1. The second-order valence-corrected chi connectivity index (χ2v) is 4.54. The molecule has 0 saturated carbocycles. The van der Waals surface area contributed by atoms with Crippen LogP contribution in [0.5, 0.6) is 0 Å². The van der Waals surface area contributed by atoms with E-state index in [4.69, 9.17) is 4.74 Å². The first-order chi connectivity index (χ1) is 9.52. The molecule has 1 rings (SSSR count). The van der Waals surface area contributed by atoms with Gasteiger partial charge in [0, 0.05) is 19.4 Å². The lowest BCUT2D eigenvalue weighted by Crippen LogP contribution is -2.03. The highest BCUT2D eigenvalue weighted by Gasteiger charge is 2.07. The first-order valence-corrected chi connectivity index (χ1v) is 7.88. The molecule has 0 spiro atoms. The van der Waals surface area contributed by atoms with Gasteiger partial charge in [-0.1, -0.05) is 13.8 Å². The summed E-state index contributed by atoms with van der Waals surface area (Å²) in [5.74, 6) is 0. The van der Waals surface area contributed by atoms with Crippen LogP contribution < -0.4 is 0 Å². The molecule has 0 fully saturated rings. The standard InChI is InChI=1S/C10H16N2.C5H12O.C2H6/c1-4-11-9(3)10-8(2)6-5-7-12-10;1-4-6-5(2)3;1-2/h7H,4-6H2,1-3H3;5H,4H2,1-3H3;1-2H3. The lowest BCUT2D eigenvalue weighted by atomic mass is 10.1. The second kappa shape index (κ2) is 14.4. The quantitative estimate of drug-likeness (QED) is 0.663. The lowest BCUT2D eigenvalue weighted by Gasteiger charge is -2.10. The highest BCUT2D eigenvalue weighted by Crippen LogP contribution is 2.17. The van der Waals surface area contributed by atoms with Crippen molar-refractivity contribution in [2.24, 2.45) is 9.98 Å². The molecule has 1 aliphatic rings. The van der Waals surface area contributed by atoms with E-state index in [-0.39, 0.29) is 0 Å². The molecule has 0 unspecified atom stereocenters. The predicted octanol–water partition coefficient (Wildman–Crippen LogP) is 5.06. The Morgan fingerprint density at radius 3 is 2.30 bits per heavy atom. The number of hydrogen-bond acceptors (Lipinski definition) is 3. The fourth-order valence-electron chi connectivity index (χ4n) is 1.71. The molecular formula is C17H34N2O. The Kier molecular flexibility index (Phi) is 15.4. The van der Waals surface area contributed by atoms with E-state index < -0.39 is 0 Å². The summed E-state index contributed by atoms with van der Waals surface area (Å²) in [6, 6.07) is 0. The van der Waals surface area contributed by atoms with Crippen LogP contribution in [0.3, 0.4) is 0 Å². The maximum atomic E-state index is 5.04. The normalized spacial score (nSPS) is 14.6. The van der Waals surface area contributed by atoms with Crippen molar-refractivity contribution in [3.8, 4) is 0 Å². The van der Waals surface area contributed by atoms with E-state index in [9.17, 15) is 0 Å². The van der Waals surface area contributed by atoms with E-state index in [0.717, 1.165) is 37.4 Å². The maximum absolute atomic E-state index is 5.04. The highest BCUT2D eigenvalue weighted by atomic mass is 16.5. The fraction of sp³-hybridized carbons (Fsp3) is 0.765. The van der Waals surface area contributed by atoms with E-state index in [2.05, 4.69) is 16.9 Å². The summed E-state index contributed by atoms with van der Waals surface area (Å²) in [6.45, 7) is 18.0. The van der Waals surface area contributed by atoms with Crippen LogP contribution in [-0.2, 0) is 4.74 Å². The molecule has 0 aromatic rings. The van der Waals surface area contributed by atoms with Crippen molar-refractivity contribution in [3.05, 3.63) is 11.3 Å². The lowest BCUT2D eigenvalue weighted by molar-refractivity contribution is 0.0899. The molecule has 1 aliphatic heterocycles. The van der Waals surface area contributed by atoms with Gasteiger partial charge in [0.2, 0.25) is 0 Å². The molecule has 20 heavy (non-hydrogen) atoms. The average Bonchev–Trinajstić information content (AvgIpc) is 2.42. The van der Waals surface area contributed by atoms with Gasteiger partial charge in [0.15, 0.2) is 0 Å². The molecule has 0 atom stereocenters. The number of allylic oxidation sites excluding steroid dienone is 2. The zero-order valence-electron chi connectivity index (χ0n) is 14.8. The summed E-state index contributed by atoms with van der Waals surface area (Å²) in [5.41, 5.74) is 3.54. The van der Waals surface area contributed by atoms with Gasteiger partial charge in [0.25, 0.3) is 0 Å².